The molecule has 0 radical (unpaired) electrons. The minimum Gasteiger partial charge on any atom is -0.390 e. The van der Waals surface area contributed by atoms with E-state index < -0.39 is 5.60 Å². The first-order valence-corrected chi connectivity index (χ1v) is 12.3. The van der Waals surface area contributed by atoms with Crippen molar-refractivity contribution in [3.05, 3.63) is 0 Å². The van der Waals surface area contributed by atoms with Crippen molar-refractivity contribution >= 4 is 5.78 Å². The predicted octanol–water partition coefficient (Wildman–Crippen LogP) is 6.40. The van der Waals surface area contributed by atoms with E-state index in [0.29, 0.717) is 22.5 Å². The van der Waals surface area contributed by atoms with E-state index in [9.17, 15) is 9.90 Å². The molecular formula is C26H44O2. The van der Waals surface area contributed by atoms with Gasteiger partial charge in [-0.05, 0) is 118 Å². The lowest BCUT2D eigenvalue weighted by molar-refractivity contribution is -0.140. The quantitative estimate of drug-likeness (QED) is 0.605. The van der Waals surface area contributed by atoms with Gasteiger partial charge in [0.25, 0.3) is 0 Å². The fourth-order valence-corrected chi connectivity index (χ4v) is 8.80. The molecule has 4 aliphatic carbocycles. The molecule has 0 aromatic heterocycles. The van der Waals surface area contributed by atoms with E-state index in [4.69, 9.17) is 0 Å². The van der Waals surface area contributed by atoms with Crippen LogP contribution in [0.4, 0.5) is 0 Å². The summed E-state index contributed by atoms with van der Waals surface area (Å²) in [5.74, 6) is 5.42. The van der Waals surface area contributed by atoms with Gasteiger partial charge in [-0.2, -0.15) is 0 Å². The third kappa shape index (κ3) is 3.40. The molecule has 0 saturated heterocycles. The van der Waals surface area contributed by atoms with Crippen LogP contribution in [0, 0.1) is 46.3 Å². The zero-order chi connectivity index (χ0) is 20.3. The van der Waals surface area contributed by atoms with E-state index in [2.05, 4.69) is 20.8 Å². The van der Waals surface area contributed by atoms with Gasteiger partial charge in [-0.15, -0.1) is 0 Å². The zero-order valence-electron chi connectivity index (χ0n) is 19.1. The van der Waals surface area contributed by atoms with Crippen LogP contribution in [0.1, 0.15) is 105 Å². The third-order valence-corrected chi connectivity index (χ3v) is 10.5. The molecule has 4 fully saturated rings. The summed E-state index contributed by atoms with van der Waals surface area (Å²) in [5.41, 5.74) is 0.410. The largest absolute Gasteiger partial charge is 0.390 e. The first-order valence-electron chi connectivity index (χ1n) is 12.3. The highest BCUT2D eigenvalue weighted by Gasteiger charge is 2.60. The van der Waals surface area contributed by atoms with E-state index in [0.717, 1.165) is 61.7 Å². The van der Waals surface area contributed by atoms with Crippen molar-refractivity contribution in [2.75, 3.05) is 0 Å². The molecule has 0 amide bonds. The van der Waals surface area contributed by atoms with Gasteiger partial charge >= 0.3 is 0 Å². The number of aliphatic hydroxyl groups is 1. The number of carbonyl (C=O) groups excluding carboxylic acids is 1. The maximum atomic E-state index is 12.1. The second-order valence-electron chi connectivity index (χ2n) is 12.5. The second-order valence-corrected chi connectivity index (χ2v) is 12.5. The summed E-state index contributed by atoms with van der Waals surface area (Å²) in [6, 6.07) is 0. The number of hydrogen-bond donors (Lipinski definition) is 1. The molecule has 0 aromatic rings. The summed E-state index contributed by atoms with van der Waals surface area (Å²) in [6.07, 6.45) is 13.3. The van der Waals surface area contributed by atoms with E-state index in [-0.39, 0.29) is 0 Å². The first-order chi connectivity index (χ1) is 13.0. The molecule has 0 aliphatic heterocycles. The Morgan fingerprint density at radius 1 is 1.04 bits per heavy atom. The highest BCUT2D eigenvalue weighted by Crippen LogP contribution is 2.68. The minimum atomic E-state index is -0.532. The van der Waals surface area contributed by atoms with E-state index in [1.165, 1.54) is 38.5 Å². The Labute approximate surface area is 173 Å². The van der Waals surface area contributed by atoms with Crippen LogP contribution in [-0.4, -0.2) is 16.5 Å². The molecule has 2 heteroatoms. The molecule has 2 nitrogen and oxygen atoms in total. The first kappa shape index (κ1) is 20.9. The Morgan fingerprint density at radius 2 is 1.75 bits per heavy atom. The Bertz CT molecular complexity index is 604. The van der Waals surface area contributed by atoms with Crippen LogP contribution in [0.5, 0.6) is 0 Å². The smallest absolute Gasteiger partial charge is 0.133 e. The molecule has 0 spiro atoms. The van der Waals surface area contributed by atoms with Crippen LogP contribution in [0.15, 0.2) is 0 Å². The second kappa shape index (κ2) is 7.10. The minimum absolute atomic E-state index is 0.433. The average Bonchev–Trinajstić information content (AvgIpc) is 2.97. The summed E-state index contributed by atoms with van der Waals surface area (Å²) in [6.45, 7) is 11.6. The SMILES string of the molecule is CC(CCC(C)(C)O)C1CCC2C3CCC4CC(=O)CCC4(C)C3CCC12C. The fourth-order valence-electron chi connectivity index (χ4n) is 8.80. The van der Waals surface area contributed by atoms with Crippen molar-refractivity contribution in [2.24, 2.45) is 46.3 Å². The zero-order valence-corrected chi connectivity index (χ0v) is 19.1. The molecule has 160 valence electrons. The summed E-state index contributed by atoms with van der Waals surface area (Å²) in [7, 11) is 0. The van der Waals surface area contributed by atoms with E-state index in [1.54, 1.807) is 0 Å². The van der Waals surface area contributed by atoms with Gasteiger partial charge in [-0.3, -0.25) is 4.79 Å². The summed E-state index contributed by atoms with van der Waals surface area (Å²) in [5, 5.41) is 10.2. The Hall–Kier alpha value is -0.370. The number of Topliss-reactive ketones (excluding diaryl/α,β-unsaturated/α-hetero) is 1. The number of rotatable bonds is 4. The molecule has 28 heavy (non-hydrogen) atoms. The topological polar surface area (TPSA) is 37.3 Å². The maximum Gasteiger partial charge on any atom is 0.133 e. The van der Waals surface area contributed by atoms with Gasteiger partial charge in [0.05, 0.1) is 5.60 Å². The summed E-state index contributed by atoms with van der Waals surface area (Å²) < 4.78 is 0. The fraction of sp³-hybridized carbons (Fsp3) is 0.962. The predicted molar refractivity (Wildman–Crippen MR) is 115 cm³/mol. The highest BCUT2D eigenvalue weighted by atomic mass is 16.3. The Balaban J connectivity index is 1.50. The summed E-state index contributed by atoms with van der Waals surface area (Å²) in [4.78, 5) is 12.1. The molecule has 4 aliphatic rings. The van der Waals surface area contributed by atoms with Gasteiger partial charge in [-0.1, -0.05) is 20.8 Å². The molecule has 4 saturated carbocycles. The van der Waals surface area contributed by atoms with Crippen LogP contribution in [0.3, 0.4) is 0 Å². The molecule has 0 heterocycles. The Kier molecular flexibility index (Phi) is 5.30. The van der Waals surface area contributed by atoms with E-state index in [1.807, 2.05) is 13.8 Å². The van der Waals surface area contributed by atoms with Gasteiger partial charge in [0.15, 0.2) is 0 Å². The van der Waals surface area contributed by atoms with Crippen molar-refractivity contribution in [3.8, 4) is 0 Å². The molecule has 0 bridgehead atoms. The molecule has 1 N–H and O–H groups in total. The summed E-state index contributed by atoms with van der Waals surface area (Å²) >= 11 is 0. The van der Waals surface area contributed by atoms with Crippen molar-refractivity contribution in [1.29, 1.82) is 0 Å². The van der Waals surface area contributed by atoms with E-state index >= 15 is 0 Å². The number of hydrogen-bond acceptors (Lipinski definition) is 2. The van der Waals surface area contributed by atoms with Crippen LogP contribution >= 0.6 is 0 Å². The van der Waals surface area contributed by atoms with Crippen molar-refractivity contribution < 1.29 is 9.90 Å². The molecule has 8 unspecified atom stereocenters. The number of carbonyl (C=O) groups is 1. The normalized spacial score (nSPS) is 47.2. The van der Waals surface area contributed by atoms with Crippen LogP contribution < -0.4 is 0 Å². The third-order valence-electron chi connectivity index (χ3n) is 10.5. The molecular weight excluding hydrogens is 344 g/mol. The molecule has 4 rings (SSSR count). The number of fused-ring (bicyclic) bond motifs is 5. The average molecular weight is 389 g/mol. The lowest BCUT2D eigenvalue weighted by atomic mass is 9.44. The van der Waals surface area contributed by atoms with Gasteiger partial charge in [0, 0.05) is 12.8 Å². The number of ketones is 1. The van der Waals surface area contributed by atoms with Crippen LogP contribution in [0.2, 0.25) is 0 Å². The highest BCUT2D eigenvalue weighted by molar-refractivity contribution is 5.79. The van der Waals surface area contributed by atoms with Crippen LogP contribution in [-0.2, 0) is 4.79 Å². The van der Waals surface area contributed by atoms with Crippen molar-refractivity contribution in [1.82, 2.24) is 0 Å². The lowest BCUT2D eigenvalue weighted by Gasteiger charge is -2.60. The van der Waals surface area contributed by atoms with Gasteiger partial charge < -0.3 is 5.11 Å². The van der Waals surface area contributed by atoms with Crippen molar-refractivity contribution in [2.45, 2.75) is 111 Å². The van der Waals surface area contributed by atoms with Gasteiger partial charge in [-0.25, -0.2) is 0 Å². The standard InChI is InChI=1S/C26H44O2/c1-17(10-13-24(2,3)28)21-8-9-22-20-7-6-18-16-19(27)11-14-25(18,4)23(20)12-15-26(21,22)5/h17-18,20-23,28H,6-16H2,1-5H3. The van der Waals surface area contributed by atoms with Crippen LogP contribution in [0.25, 0.3) is 0 Å². The van der Waals surface area contributed by atoms with Gasteiger partial charge in [0.1, 0.15) is 5.78 Å². The van der Waals surface area contributed by atoms with Crippen molar-refractivity contribution in [3.63, 3.8) is 0 Å². The monoisotopic (exact) mass is 388 g/mol. The molecule has 0 aromatic carbocycles. The molecule has 8 atom stereocenters. The van der Waals surface area contributed by atoms with Gasteiger partial charge in [0.2, 0.25) is 0 Å². The maximum absolute atomic E-state index is 12.1. The lowest BCUT2D eigenvalue weighted by Crippen LogP contribution is -2.53. The Morgan fingerprint density at radius 3 is 2.46 bits per heavy atom.